The van der Waals surface area contributed by atoms with Gasteiger partial charge in [-0.1, -0.05) is 12.8 Å². The highest BCUT2D eigenvalue weighted by Crippen LogP contribution is 2.30. The van der Waals surface area contributed by atoms with Gasteiger partial charge in [0.25, 0.3) is 0 Å². The van der Waals surface area contributed by atoms with Gasteiger partial charge in [0, 0.05) is 25.0 Å². The SMILES string of the molecule is CS(=O)(=O)c1ccc(NC(N)=S)cc1N1CCCCCC1. The Hall–Kier alpha value is -1.34. The molecule has 0 unspecified atom stereocenters. The molecule has 5 nitrogen and oxygen atoms in total. The molecule has 116 valence electrons. The molecule has 1 saturated heterocycles. The van der Waals surface area contributed by atoms with Crippen molar-refractivity contribution in [3.8, 4) is 0 Å². The Balaban J connectivity index is 2.44. The Bertz CT molecular complexity index is 621. The third kappa shape index (κ3) is 4.31. The summed E-state index contributed by atoms with van der Waals surface area (Å²) >= 11 is 4.84. The molecule has 7 heteroatoms. The maximum Gasteiger partial charge on any atom is 0.177 e. The van der Waals surface area contributed by atoms with Crippen LogP contribution in [-0.4, -0.2) is 32.9 Å². The number of nitrogens with zero attached hydrogens (tertiary/aromatic N) is 1. The summed E-state index contributed by atoms with van der Waals surface area (Å²) in [4.78, 5) is 2.51. The monoisotopic (exact) mass is 327 g/mol. The summed E-state index contributed by atoms with van der Waals surface area (Å²) in [5.74, 6) is 0. The first-order valence-corrected chi connectivity index (χ1v) is 9.33. The van der Waals surface area contributed by atoms with E-state index >= 15 is 0 Å². The molecule has 1 aliphatic heterocycles. The maximum absolute atomic E-state index is 12.0. The van der Waals surface area contributed by atoms with Crippen molar-refractivity contribution < 1.29 is 8.42 Å². The maximum atomic E-state index is 12.0. The minimum absolute atomic E-state index is 0.170. The largest absolute Gasteiger partial charge is 0.376 e. The van der Waals surface area contributed by atoms with Gasteiger partial charge in [0.1, 0.15) is 0 Å². The van der Waals surface area contributed by atoms with Crippen molar-refractivity contribution >= 4 is 38.5 Å². The number of nitrogens with one attached hydrogen (secondary N) is 1. The van der Waals surface area contributed by atoms with E-state index in [0.29, 0.717) is 10.6 Å². The second kappa shape index (κ2) is 6.62. The zero-order chi connectivity index (χ0) is 15.5. The molecule has 1 heterocycles. The van der Waals surface area contributed by atoms with Gasteiger partial charge in [-0.3, -0.25) is 0 Å². The van der Waals surface area contributed by atoms with Crippen LogP contribution in [0.3, 0.4) is 0 Å². The zero-order valence-electron chi connectivity index (χ0n) is 12.1. The molecule has 1 aromatic carbocycles. The Morgan fingerprint density at radius 3 is 2.38 bits per heavy atom. The first-order chi connectivity index (χ1) is 9.88. The molecule has 1 fully saturated rings. The predicted molar refractivity (Wildman–Crippen MR) is 90.6 cm³/mol. The van der Waals surface area contributed by atoms with E-state index in [4.69, 9.17) is 18.0 Å². The van der Waals surface area contributed by atoms with Crippen LogP contribution in [-0.2, 0) is 9.84 Å². The van der Waals surface area contributed by atoms with Gasteiger partial charge in [-0.2, -0.15) is 0 Å². The predicted octanol–water partition coefficient (Wildman–Crippen LogP) is 2.13. The number of anilines is 2. The minimum Gasteiger partial charge on any atom is -0.376 e. The van der Waals surface area contributed by atoms with Crippen molar-refractivity contribution in [1.82, 2.24) is 0 Å². The minimum atomic E-state index is -3.27. The van der Waals surface area contributed by atoms with Gasteiger partial charge in [-0.05, 0) is 43.3 Å². The Kier molecular flexibility index (Phi) is 5.05. The van der Waals surface area contributed by atoms with E-state index in [1.54, 1.807) is 12.1 Å². The highest BCUT2D eigenvalue weighted by atomic mass is 32.2. The highest BCUT2D eigenvalue weighted by molar-refractivity contribution is 7.90. The van der Waals surface area contributed by atoms with Gasteiger partial charge < -0.3 is 16.0 Å². The van der Waals surface area contributed by atoms with Gasteiger partial charge in [-0.15, -0.1) is 0 Å². The molecule has 3 N–H and O–H groups in total. The molecule has 21 heavy (non-hydrogen) atoms. The Morgan fingerprint density at radius 2 is 1.86 bits per heavy atom. The number of hydrogen-bond acceptors (Lipinski definition) is 4. The van der Waals surface area contributed by atoms with Crippen LogP contribution in [0.15, 0.2) is 23.1 Å². The van der Waals surface area contributed by atoms with Crippen LogP contribution in [0.1, 0.15) is 25.7 Å². The molecule has 0 bridgehead atoms. The molecule has 2 rings (SSSR count). The van der Waals surface area contributed by atoms with Crippen molar-refractivity contribution in [2.45, 2.75) is 30.6 Å². The van der Waals surface area contributed by atoms with Crippen molar-refractivity contribution in [3.63, 3.8) is 0 Å². The van der Waals surface area contributed by atoms with Gasteiger partial charge in [0.2, 0.25) is 0 Å². The number of sulfone groups is 1. The van der Waals surface area contributed by atoms with Gasteiger partial charge in [0.05, 0.1) is 10.6 Å². The zero-order valence-corrected chi connectivity index (χ0v) is 13.8. The molecule has 0 amide bonds. The quantitative estimate of drug-likeness (QED) is 0.828. The van der Waals surface area contributed by atoms with E-state index in [0.717, 1.165) is 31.6 Å². The van der Waals surface area contributed by atoms with Gasteiger partial charge in [0.15, 0.2) is 14.9 Å². The van der Waals surface area contributed by atoms with Crippen molar-refractivity contribution in [2.75, 3.05) is 29.6 Å². The van der Waals surface area contributed by atoms with Crippen molar-refractivity contribution in [1.29, 1.82) is 0 Å². The number of thiocarbonyl (C=S) groups is 1. The fourth-order valence-corrected chi connectivity index (χ4v) is 3.61. The first-order valence-electron chi connectivity index (χ1n) is 7.03. The second-order valence-electron chi connectivity index (χ2n) is 5.35. The topological polar surface area (TPSA) is 75.4 Å². The lowest BCUT2D eigenvalue weighted by atomic mass is 10.2. The summed E-state index contributed by atoms with van der Waals surface area (Å²) in [6.07, 6.45) is 5.78. The van der Waals surface area contributed by atoms with E-state index in [-0.39, 0.29) is 5.11 Å². The van der Waals surface area contributed by atoms with Gasteiger partial charge in [-0.25, -0.2) is 8.42 Å². The van der Waals surface area contributed by atoms with E-state index in [2.05, 4.69) is 10.2 Å². The standard InChI is InChI=1S/C14H21N3O2S2/c1-21(18,19)13-7-6-11(16-14(15)20)10-12(13)17-8-4-2-3-5-9-17/h6-7,10H,2-5,8-9H2,1H3,(H3,15,16,20). The summed E-state index contributed by atoms with van der Waals surface area (Å²) in [6, 6.07) is 5.13. The molecule has 1 aromatic rings. The third-order valence-corrected chi connectivity index (χ3v) is 4.82. The molecular formula is C14H21N3O2S2. The van der Waals surface area contributed by atoms with Crippen LogP contribution in [0.5, 0.6) is 0 Å². The summed E-state index contributed by atoms with van der Waals surface area (Å²) in [6.45, 7) is 1.75. The van der Waals surface area contributed by atoms with Gasteiger partial charge >= 0.3 is 0 Å². The van der Waals surface area contributed by atoms with E-state index in [9.17, 15) is 8.42 Å². The van der Waals surface area contributed by atoms with E-state index in [1.807, 2.05) is 6.07 Å². The summed E-state index contributed by atoms with van der Waals surface area (Å²) in [5.41, 5.74) is 6.94. The first kappa shape index (κ1) is 16.0. The number of hydrogen-bond donors (Lipinski definition) is 2. The van der Waals surface area contributed by atoms with Crippen LogP contribution >= 0.6 is 12.2 Å². The molecule has 0 aliphatic carbocycles. The molecule has 1 aliphatic rings. The molecule has 0 spiro atoms. The normalized spacial score (nSPS) is 16.3. The lowest BCUT2D eigenvalue weighted by Crippen LogP contribution is -2.26. The number of benzene rings is 1. The smallest absolute Gasteiger partial charge is 0.177 e. The third-order valence-electron chi connectivity index (χ3n) is 3.57. The fourth-order valence-electron chi connectivity index (χ4n) is 2.61. The van der Waals surface area contributed by atoms with Crippen LogP contribution in [0.4, 0.5) is 11.4 Å². The number of rotatable bonds is 3. The number of nitrogens with two attached hydrogens (primary N) is 1. The molecule has 0 radical (unpaired) electrons. The summed E-state index contributed by atoms with van der Waals surface area (Å²) in [5, 5.41) is 3.04. The molecule has 0 atom stereocenters. The summed E-state index contributed by atoms with van der Waals surface area (Å²) < 4.78 is 24.0. The second-order valence-corrected chi connectivity index (χ2v) is 7.77. The molecule has 0 aromatic heterocycles. The van der Waals surface area contributed by atoms with Crippen LogP contribution in [0.25, 0.3) is 0 Å². The van der Waals surface area contributed by atoms with Crippen LogP contribution < -0.4 is 16.0 Å². The summed E-state index contributed by atoms with van der Waals surface area (Å²) in [7, 11) is -3.27. The fraction of sp³-hybridized carbons (Fsp3) is 0.500. The van der Waals surface area contributed by atoms with Crippen molar-refractivity contribution in [3.05, 3.63) is 18.2 Å². The molecular weight excluding hydrogens is 306 g/mol. The van der Waals surface area contributed by atoms with E-state index < -0.39 is 9.84 Å². The lowest BCUT2D eigenvalue weighted by Gasteiger charge is -2.25. The van der Waals surface area contributed by atoms with E-state index in [1.165, 1.54) is 19.1 Å². The van der Waals surface area contributed by atoms with Crippen molar-refractivity contribution in [2.24, 2.45) is 5.73 Å². The Labute approximate surface area is 131 Å². The van der Waals surface area contributed by atoms with Crippen LogP contribution in [0.2, 0.25) is 0 Å². The average molecular weight is 327 g/mol. The molecule has 0 saturated carbocycles. The Morgan fingerprint density at radius 1 is 1.24 bits per heavy atom. The van der Waals surface area contributed by atoms with Crippen LogP contribution in [0, 0.1) is 0 Å². The average Bonchev–Trinajstić information content (AvgIpc) is 2.65. The highest BCUT2D eigenvalue weighted by Gasteiger charge is 2.20. The lowest BCUT2D eigenvalue weighted by molar-refractivity contribution is 0.601.